The first-order valence-electron chi connectivity index (χ1n) is 8.71. The van der Waals surface area contributed by atoms with E-state index in [9.17, 15) is 13.2 Å². The average molecular weight is 392 g/mol. The molecule has 0 aliphatic carbocycles. The molecule has 1 aliphatic rings. The highest BCUT2D eigenvalue weighted by Crippen LogP contribution is 2.39. The predicted molar refractivity (Wildman–Crippen MR) is 107 cm³/mol. The van der Waals surface area contributed by atoms with E-state index in [0.717, 1.165) is 22.2 Å². The van der Waals surface area contributed by atoms with Crippen LogP contribution in [0.4, 0.5) is 5.69 Å². The normalized spacial score (nSPS) is 13.8. The van der Waals surface area contributed by atoms with Gasteiger partial charge in [-0.2, -0.15) is 5.10 Å². The molecular weight excluding hydrogens is 376 g/mol. The van der Waals surface area contributed by atoms with Crippen LogP contribution >= 0.6 is 0 Å². The van der Waals surface area contributed by atoms with Gasteiger partial charge in [0.2, 0.25) is 10.0 Å². The molecule has 5 rings (SSSR count). The van der Waals surface area contributed by atoms with Gasteiger partial charge in [0.15, 0.2) is 0 Å². The maximum absolute atomic E-state index is 13.0. The van der Waals surface area contributed by atoms with Gasteiger partial charge in [-0.15, -0.1) is 0 Å². The summed E-state index contributed by atoms with van der Waals surface area (Å²) >= 11 is 0. The number of anilines is 1. The van der Waals surface area contributed by atoms with Crippen molar-refractivity contribution in [2.75, 3.05) is 11.9 Å². The van der Waals surface area contributed by atoms with Crippen molar-refractivity contribution < 1.29 is 13.2 Å². The SMILES string of the molecule is CN1C(=O)c2cccc3c(S(=O)(=O)NCc4ccc5cn[nH]c5c4)ccc1c23. The number of H-pyrrole nitrogens is 1. The summed E-state index contributed by atoms with van der Waals surface area (Å²) < 4.78 is 28.7. The van der Waals surface area contributed by atoms with Crippen LogP contribution in [0.2, 0.25) is 0 Å². The van der Waals surface area contributed by atoms with Crippen LogP contribution in [0.3, 0.4) is 0 Å². The molecule has 3 aromatic carbocycles. The minimum Gasteiger partial charge on any atom is -0.311 e. The number of benzene rings is 3. The molecule has 0 radical (unpaired) electrons. The van der Waals surface area contributed by atoms with Gasteiger partial charge in [0, 0.05) is 35.3 Å². The van der Waals surface area contributed by atoms with Crippen molar-refractivity contribution in [3.8, 4) is 0 Å². The van der Waals surface area contributed by atoms with Gasteiger partial charge in [0.25, 0.3) is 5.91 Å². The van der Waals surface area contributed by atoms with Crippen molar-refractivity contribution in [1.29, 1.82) is 0 Å². The zero-order valence-corrected chi connectivity index (χ0v) is 15.7. The fraction of sp³-hybridized carbons (Fsp3) is 0.100. The van der Waals surface area contributed by atoms with Crippen molar-refractivity contribution in [2.24, 2.45) is 0 Å². The van der Waals surface area contributed by atoms with Crippen LogP contribution in [0.5, 0.6) is 0 Å². The zero-order chi connectivity index (χ0) is 19.5. The molecular formula is C20H16N4O3S. The molecule has 0 unspecified atom stereocenters. The first-order valence-corrected chi connectivity index (χ1v) is 10.2. The monoisotopic (exact) mass is 392 g/mol. The number of carbonyl (C=O) groups is 1. The van der Waals surface area contributed by atoms with Crippen LogP contribution in [0.25, 0.3) is 21.7 Å². The second-order valence-electron chi connectivity index (χ2n) is 6.79. The van der Waals surface area contributed by atoms with Gasteiger partial charge >= 0.3 is 0 Å². The minimum absolute atomic E-state index is 0.129. The summed E-state index contributed by atoms with van der Waals surface area (Å²) in [5.41, 5.74) is 2.92. The Morgan fingerprint density at radius 1 is 1.14 bits per heavy atom. The Morgan fingerprint density at radius 2 is 2.00 bits per heavy atom. The lowest BCUT2D eigenvalue weighted by Crippen LogP contribution is -2.23. The quantitative estimate of drug-likeness (QED) is 0.558. The second-order valence-corrected chi connectivity index (χ2v) is 8.53. The number of nitrogens with one attached hydrogen (secondary N) is 2. The number of sulfonamides is 1. The Bertz CT molecular complexity index is 1380. The lowest BCUT2D eigenvalue weighted by molar-refractivity contribution is 0.0999. The first-order chi connectivity index (χ1) is 13.5. The molecule has 1 aliphatic heterocycles. The molecule has 0 saturated carbocycles. The van der Waals surface area contributed by atoms with Gasteiger partial charge in [-0.3, -0.25) is 9.89 Å². The Labute approximate surface area is 161 Å². The highest BCUT2D eigenvalue weighted by molar-refractivity contribution is 7.89. The topological polar surface area (TPSA) is 95.2 Å². The van der Waals surface area contributed by atoms with E-state index in [1.165, 1.54) is 0 Å². The van der Waals surface area contributed by atoms with Gasteiger partial charge in [-0.05, 0) is 29.8 Å². The molecule has 0 atom stereocenters. The van der Waals surface area contributed by atoms with Gasteiger partial charge < -0.3 is 4.90 Å². The summed E-state index contributed by atoms with van der Waals surface area (Å²) in [6.45, 7) is 0.152. The van der Waals surface area contributed by atoms with Gasteiger partial charge in [0.1, 0.15) is 0 Å². The maximum Gasteiger partial charge on any atom is 0.258 e. The highest BCUT2D eigenvalue weighted by atomic mass is 32.2. The highest BCUT2D eigenvalue weighted by Gasteiger charge is 2.29. The third kappa shape index (κ3) is 2.42. The van der Waals surface area contributed by atoms with Crippen LogP contribution in [0.15, 0.2) is 59.6 Å². The molecule has 8 heteroatoms. The van der Waals surface area contributed by atoms with Gasteiger partial charge in [0.05, 0.1) is 22.3 Å². The summed E-state index contributed by atoms with van der Waals surface area (Å²) in [7, 11) is -2.08. The molecule has 0 fully saturated rings. The molecule has 0 bridgehead atoms. The molecule has 2 heterocycles. The van der Waals surface area contributed by atoms with E-state index in [0.29, 0.717) is 16.3 Å². The van der Waals surface area contributed by atoms with E-state index < -0.39 is 10.0 Å². The van der Waals surface area contributed by atoms with Crippen molar-refractivity contribution >= 4 is 43.3 Å². The van der Waals surface area contributed by atoms with Crippen molar-refractivity contribution in [2.45, 2.75) is 11.4 Å². The number of hydrogen-bond donors (Lipinski definition) is 2. The summed E-state index contributed by atoms with van der Waals surface area (Å²) in [6.07, 6.45) is 1.72. The molecule has 7 nitrogen and oxygen atoms in total. The standard InChI is InChI=1S/C20H16N4O3S/c1-24-17-7-8-18(14-3-2-4-15(19(14)17)20(24)25)28(26,27)22-10-12-5-6-13-11-21-23-16(13)9-12/h2-9,11,22H,10H2,1H3,(H,21,23). The van der Waals surface area contributed by atoms with E-state index in [2.05, 4.69) is 14.9 Å². The summed E-state index contributed by atoms with van der Waals surface area (Å²) in [5, 5.41) is 9.04. The first kappa shape index (κ1) is 16.9. The largest absolute Gasteiger partial charge is 0.311 e. The molecule has 0 saturated heterocycles. The van der Waals surface area contributed by atoms with Crippen LogP contribution in [-0.2, 0) is 16.6 Å². The number of rotatable bonds is 4. The fourth-order valence-corrected chi connectivity index (χ4v) is 4.91. The lowest BCUT2D eigenvalue weighted by Gasteiger charge is -2.13. The van der Waals surface area contributed by atoms with Crippen LogP contribution in [0, 0.1) is 0 Å². The Kier molecular flexibility index (Phi) is 3.55. The second kappa shape index (κ2) is 5.88. The Hall–Kier alpha value is -3.23. The molecule has 1 aromatic heterocycles. The number of nitrogens with zero attached hydrogens (tertiary/aromatic N) is 2. The lowest BCUT2D eigenvalue weighted by atomic mass is 10.1. The summed E-state index contributed by atoms with van der Waals surface area (Å²) in [4.78, 5) is 14.1. The molecule has 0 spiro atoms. The number of amides is 1. The van der Waals surface area contributed by atoms with E-state index in [1.807, 2.05) is 18.2 Å². The van der Waals surface area contributed by atoms with Crippen molar-refractivity contribution in [1.82, 2.24) is 14.9 Å². The van der Waals surface area contributed by atoms with Crippen LogP contribution in [-0.4, -0.2) is 31.6 Å². The van der Waals surface area contributed by atoms with Crippen molar-refractivity contribution in [3.63, 3.8) is 0 Å². The summed E-state index contributed by atoms with van der Waals surface area (Å²) in [6, 6.07) is 14.0. The number of fused-ring (bicyclic) bond motifs is 1. The molecule has 28 heavy (non-hydrogen) atoms. The van der Waals surface area contributed by atoms with Crippen LogP contribution < -0.4 is 9.62 Å². The molecule has 1 amide bonds. The molecule has 2 N–H and O–H groups in total. The maximum atomic E-state index is 13.0. The summed E-state index contributed by atoms with van der Waals surface area (Å²) in [5.74, 6) is -0.129. The zero-order valence-electron chi connectivity index (χ0n) is 14.9. The fourth-order valence-electron chi connectivity index (χ4n) is 3.69. The number of aromatic nitrogens is 2. The van der Waals surface area contributed by atoms with E-state index in [4.69, 9.17) is 0 Å². The number of aromatic amines is 1. The van der Waals surface area contributed by atoms with E-state index in [1.54, 1.807) is 48.5 Å². The molecule has 4 aromatic rings. The smallest absolute Gasteiger partial charge is 0.258 e. The Morgan fingerprint density at radius 3 is 2.86 bits per heavy atom. The predicted octanol–water partition coefficient (Wildman–Crippen LogP) is 2.78. The van der Waals surface area contributed by atoms with E-state index in [-0.39, 0.29) is 17.3 Å². The van der Waals surface area contributed by atoms with Gasteiger partial charge in [-0.25, -0.2) is 13.1 Å². The number of hydrogen-bond acceptors (Lipinski definition) is 4. The Balaban J connectivity index is 1.53. The third-order valence-corrected chi connectivity index (χ3v) is 6.60. The van der Waals surface area contributed by atoms with Crippen LogP contribution in [0.1, 0.15) is 15.9 Å². The van der Waals surface area contributed by atoms with E-state index >= 15 is 0 Å². The minimum atomic E-state index is -3.77. The number of carbonyl (C=O) groups excluding carboxylic acids is 1. The third-order valence-electron chi connectivity index (χ3n) is 5.14. The van der Waals surface area contributed by atoms with Crippen molar-refractivity contribution in [3.05, 3.63) is 65.9 Å². The van der Waals surface area contributed by atoms with Gasteiger partial charge in [-0.1, -0.05) is 24.3 Å². The molecule has 140 valence electrons. The average Bonchev–Trinajstić information content (AvgIpc) is 3.26.